The fraction of sp³-hybridized carbons (Fsp3) is 0.545. The first kappa shape index (κ1) is 20.1. The Kier molecular flexibility index (Phi) is 6.30. The molecule has 0 aliphatic rings. The Morgan fingerprint density at radius 2 is 1.73 bits per heavy atom. The predicted molar refractivity (Wildman–Crippen MR) is 71.2 cm³/mol. The molecule has 0 fully saturated rings. The number of alkyl halides is 6. The van der Waals surface area contributed by atoms with E-state index in [1.54, 1.807) is 0 Å². The third-order valence-corrected chi connectivity index (χ3v) is 2.55. The molecule has 0 heterocycles. The fourth-order valence-corrected chi connectivity index (χ4v) is 1.06. The van der Waals surface area contributed by atoms with E-state index in [1.165, 1.54) is 6.92 Å². The van der Waals surface area contributed by atoms with Crippen LogP contribution in [0.25, 0.3) is 0 Å². The molecule has 1 unspecified atom stereocenters. The van der Waals surface area contributed by atoms with E-state index < -0.39 is 35.6 Å². The van der Waals surface area contributed by atoms with E-state index in [1.807, 2.05) is 5.32 Å². The summed E-state index contributed by atoms with van der Waals surface area (Å²) in [6, 6.07) is -1.07. The van der Waals surface area contributed by atoms with Crippen LogP contribution >= 0.6 is 0 Å². The maximum Gasteiger partial charge on any atom is 0.450 e. The van der Waals surface area contributed by atoms with Gasteiger partial charge in [-0.1, -0.05) is 6.58 Å². The van der Waals surface area contributed by atoms with Gasteiger partial charge in [-0.05, 0) is 13.8 Å². The Bertz CT molecular complexity index is 476. The summed E-state index contributed by atoms with van der Waals surface area (Å²) in [4.78, 5) is 5.82. The van der Waals surface area contributed by atoms with E-state index in [0.29, 0.717) is 12.4 Å². The van der Waals surface area contributed by atoms with Crippen molar-refractivity contribution >= 4 is 17.9 Å². The SMILES string of the molecule is C=C/N=C(\NC(C)(/C=N\C(=N)C(F)(F)F)[C@@H](C)N)C(F)(F)F. The number of halogens is 6. The summed E-state index contributed by atoms with van der Waals surface area (Å²) in [5, 5.41) is 8.58. The van der Waals surface area contributed by atoms with Crippen LogP contribution in [0.5, 0.6) is 0 Å². The van der Waals surface area contributed by atoms with Crippen LogP contribution in [0, 0.1) is 5.41 Å². The van der Waals surface area contributed by atoms with Gasteiger partial charge in [0.25, 0.3) is 0 Å². The Morgan fingerprint density at radius 3 is 2.05 bits per heavy atom. The molecular formula is C11H15F6N5. The molecule has 0 aromatic carbocycles. The van der Waals surface area contributed by atoms with E-state index >= 15 is 0 Å². The highest BCUT2D eigenvalue weighted by molar-refractivity contribution is 5.96. The van der Waals surface area contributed by atoms with Crippen LogP contribution in [-0.2, 0) is 0 Å². The molecule has 22 heavy (non-hydrogen) atoms. The number of nitrogens with two attached hydrogens (primary N) is 1. The molecule has 5 nitrogen and oxygen atoms in total. The van der Waals surface area contributed by atoms with Gasteiger partial charge in [0.05, 0.1) is 5.54 Å². The van der Waals surface area contributed by atoms with Gasteiger partial charge in [0.2, 0.25) is 11.7 Å². The van der Waals surface area contributed by atoms with Crippen LogP contribution in [-0.4, -0.2) is 41.8 Å². The van der Waals surface area contributed by atoms with Gasteiger partial charge in [-0.2, -0.15) is 26.3 Å². The van der Waals surface area contributed by atoms with Crippen LogP contribution in [0.1, 0.15) is 13.8 Å². The zero-order chi connectivity index (χ0) is 17.8. The first-order chi connectivity index (χ1) is 9.74. The maximum atomic E-state index is 12.7. The van der Waals surface area contributed by atoms with Crippen molar-refractivity contribution in [1.29, 1.82) is 5.41 Å². The average Bonchev–Trinajstić information content (AvgIpc) is 2.32. The van der Waals surface area contributed by atoms with Crippen LogP contribution < -0.4 is 11.1 Å². The first-order valence-electron chi connectivity index (χ1n) is 5.74. The highest BCUT2D eigenvalue weighted by atomic mass is 19.4. The summed E-state index contributed by atoms with van der Waals surface area (Å²) in [7, 11) is 0. The molecule has 4 N–H and O–H groups in total. The third-order valence-electron chi connectivity index (χ3n) is 2.55. The molecule has 2 atom stereocenters. The number of rotatable bonds is 4. The molecule has 11 heteroatoms. The lowest BCUT2D eigenvalue weighted by Gasteiger charge is -2.32. The number of hydrogen-bond donors (Lipinski definition) is 3. The first-order valence-corrected chi connectivity index (χ1v) is 5.74. The van der Waals surface area contributed by atoms with Crippen LogP contribution in [0.3, 0.4) is 0 Å². The highest BCUT2D eigenvalue weighted by Crippen LogP contribution is 2.20. The van der Waals surface area contributed by atoms with Crippen molar-refractivity contribution in [3.05, 3.63) is 12.8 Å². The molecule has 0 radical (unpaired) electrons. The van der Waals surface area contributed by atoms with Gasteiger partial charge >= 0.3 is 12.4 Å². The van der Waals surface area contributed by atoms with E-state index in [0.717, 1.165) is 6.92 Å². The van der Waals surface area contributed by atoms with Crippen molar-refractivity contribution in [3.63, 3.8) is 0 Å². The summed E-state index contributed by atoms with van der Waals surface area (Å²) in [5.74, 6) is -3.46. The second kappa shape index (κ2) is 6.90. The van der Waals surface area contributed by atoms with Crippen molar-refractivity contribution in [2.75, 3.05) is 0 Å². The highest BCUT2D eigenvalue weighted by Gasteiger charge is 2.41. The van der Waals surface area contributed by atoms with Gasteiger partial charge in [0.15, 0.2) is 0 Å². The second-order valence-corrected chi connectivity index (χ2v) is 4.46. The largest absolute Gasteiger partial charge is 0.450 e. The number of nitrogens with zero attached hydrogens (tertiary/aromatic N) is 2. The molecular weight excluding hydrogens is 316 g/mol. The summed E-state index contributed by atoms with van der Waals surface area (Å²) in [6.07, 6.45) is -8.79. The monoisotopic (exact) mass is 331 g/mol. The van der Waals surface area contributed by atoms with E-state index in [-0.39, 0.29) is 0 Å². The standard InChI is InChI=1S/C11H15F6N5/c1-4-20-8(11(15,16)17)22-9(3,6(2)18)5-21-7(19)10(12,13)14/h4-6,19H,1,18H2,2-3H3,(H,20,22)/b19-7?,21-5-/t6-,9?/m1/s1. The lowest BCUT2D eigenvalue weighted by Crippen LogP contribution is -2.60. The Hall–Kier alpha value is -1.91. The minimum absolute atomic E-state index is 0.498. The normalized spacial score (nSPS) is 18.0. The molecule has 0 saturated heterocycles. The van der Waals surface area contributed by atoms with Crippen LogP contribution in [0.4, 0.5) is 26.3 Å². The molecule has 0 rings (SSSR count). The van der Waals surface area contributed by atoms with Crippen molar-refractivity contribution in [2.24, 2.45) is 15.7 Å². The quantitative estimate of drug-likeness (QED) is 0.420. The van der Waals surface area contributed by atoms with Crippen LogP contribution in [0.2, 0.25) is 0 Å². The van der Waals surface area contributed by atoms with Gasteiger partial charge in [-0.15, -0.1) is 0 Å². The summed E-state index contributed by atoms with van der Waals surface area (Å²) in [5.41, 5.74) is 3.68. The molecule has 0 aromatic rings. The molecule has 126 valence electrons. The van der Waals surface area contributed by atoms with Crippen molar-refractivity contribution in [3.8, 4) is 0 Å². The van der Waals surface area contributed by atoms with Crippen molar-refractivity contribution < 1.29 is 26.3 Å². The molecule has 0 amide bonds. The Balaban J connectivity index is 5.53. The number of amidine groups is 2. The molecule has 0 aliphatic heterocycles. The van der Waals surface area contributed by atoms with E-state index in [4.69, 9.17) is 11.1 Å². The van der Waals surface area contributed by atoms with Crippen LogP contribution in [0.15, 0.2) is 22.8 Å². The lowest BCUT2D eigenvalue weighted by atomic mass is 9.95. The third kappa shape index (κ3) is 5.84. The zero-order valence-corrected chi connectivity index (χ0v) is 11.7. The van der Waals surface area contributed by atoms with E-state index in [2.05, 4.69) is 16.6 Å². The number of hydrogen-bond acceptors (Lipinski definition) is 3. The number of nitrogens with one attached hydrogen (secondary N) is 2. The van der Waals surface area contributed by atoms with Gasteiger partial charge in [-0.3, -0.25) is 5.41 Å². The smallest absolute Gasteiger partial charge is 0.354 e. The topological polar surface area (TPSA) is 86.6 Å². The van der Waals surface area contributed by atoms with Gasteiger partial charge in [0, 0.05) is 18.5 Å². The van der Waals surface area contributed by atoms with Gasteiger partial charge < -0.3 is 11.1 Å². The zero-order valence-electron chi connectivity index (χ0n) is 11.7. The Morgan fingerprint density at radius 1 is 1.23 bits per heavy atom. The molecule has 0 aliphatic carbocycles. The second-order valence-electron chi connectivity index (χ2n) is 4.46. The summed E-state index contributed by atoms with van der Waals surface area (Å²) in [6.45, 7) is 5.37. The number of aliphatic imine (C=N–C) groups is 2. The fourth-order valence-electron chi connectivity index (χ4n) is 1.06. The minimum atomic E-state index is -5.02. The molecule has 0 spiro atoms. The summed E-state index contributed by atoms with van der Waals surface area (Å²) >= 11 is 0. The average molecular weight is 331 g/mol. The molecule has 0 saturated carbocycles. The van der Waals surface area contributed by atoms with Gasteiger partial charge in [0.1, 0.15) is 0 Å². The van der Waals surface area contributed by atoms with Crippen molar-refractivity contribution in [1.82, 2.24) is 5.32 Å². The molecule has 0 aromatic heterocycles. The Labute approximate surface area is 122 Å². The van der Waals surface area contributed by atoms with E-state index in [9.17, 15) is 26.3 Å². The van der Waals surface area contributed by atoms with Crippen molar-refractivity contribution in [2.45, 2.75) is 37.8 Å². The lowest BCUT2D eigenvalue weighted by molar-refractivity contribution is -0.0632. The summed E-state index contributed by atoms with van der Waals surface area (Å²) < 4.78 is 74.8. The predicted octanol–water partition coefficient (Wildman–Crippen LogP) is 2.40. The van der Waals surface area contributed by atoms with Gasteiger partial charge in [-0.25, -0.2) is 9.98 Å². The maximum absolute atomic E-state index is 12.7. The molecule has 0 bridgehead atoms. The minimum Gasteiger partial charge on any atom is -0.354 e.